The van der Waals surface area contributed by atoms with Crippen molar-refractivity contribution in [2.45, 2.75) is 6.42 Å². The summed E-state index contributed by atoms with van der Waals surface area (Å²) in [5.74, 6) is 0.0964. The van der Waals surface area contributed by atoms with Gasteiger partial charge in [0.15, 0.2) is 0 Å². The molecule has 0 atom stereocenters. The highest BCUT2D eigenvalue weighted by atomic mass is 35.5. The van der Waals surface area contributed by atoms with Crippen molar-refractivity contribution in [3.63, 3.8) is 0 Å². The molecule has 0 fully saturated rings. The lowest BCUT2D eigenvalue weighted by Gasteiger charge is -2.26. The summed E-state index contributed by atoms with van der Waals surface area (Å²) < 4.78 is 0. The summed E-state index contributed by atoms with van der Waals surface area (Å²) in [4.78, 5) is 13.2. The van der Waals surface area contributed by atoms with Gasteiger partial charge in [-0.05, 0) is 17.6 Å². The molecular formula is C13H14ClNO. The number of hydrogen-bond acceptors (Lipinski definition) is 1. The van der Waals surface area contributed by atoms with Crippen LogP contribution in [0.5, 0.6) is 0 Å². The largest absolute Gasteiger partial charge is 0.338 e. The molecule has 0 aromatic heterocycles. The van der Waals surface area contributed by atoms with Crippen molar-refractivity contribution in [3.05, 3.63) is 42.0 Å². The zero-order valence-corrected chi connectivity index (χ0v) is 9.78. The van der Waals surface area contributed by atoms with Gasteiger partial charge in [0.25, 0.3) is 0 Å². The first kappa shape index (κ1) is 11.2. The third kappa shape index (κ3) is 2.45. The molecule has 0 unspecified atom stereocenters. The number of hydrogen-bond donors (Lipinski definition) is 0. The van der Waals surface area contributed by atoms with E-state index in [9.17, 15) is 4.79 Å². The van der Waals surface area contributed by atoms with Crippen LogP contribution in [0.15, 0.2) is 36.4 Å². The number of carbonyl (C=O) groups excluding carboxylic acids is 1. The minimum Gasteiger partial charge on any atom is -0.338 e. The number of benzene rings is 1. The summed E-state index contributed by atoms with van der Waals surface area (Å²) in [6.45, 7) is 1.45. The Hall–Kier alpha value is -1.28. The zero-order valence-electron chi connectivity index (χ0n) is 9.03. The van der Waals surface area contributed by atoms with Crippen molar-refractivity contribution in [2.75, 3.05) is 19.0 Å². The first-order valence-electron chi connectivity index (χ1n) is 5.39. The van der Waals surface area contributed by atoms with Crippen molar-refractivity contribution in [2.24, 2.45) is 0 Å². The van der Waals surface area contributed by atoms with Gasteiger partial charge in [-0.1, -0.05) is 36.4 Å². The molecule has 1 aliphatic rings. The van der Waals surface area contributed by atoms with Gasteiger partial charge in [-0.25, -0.2) is 0 Å². The topological polar surface area (TPSA) is 20.3 Å². The fourth-order valence-electron chi connectivity index (χ4n) is 1.89. The van der Waals surface area contributed by atoms with Crippen LogP contribution in [0, 0.1) is 0 Å². The third-order valence-corrected chi connectivity index (χ3v) is 3.05. The average Bonchev–Trinajstić information content (AvgIpc) is 2.39. The predicted octanol–water partition coefficient (Wildman–Crippen LogP) is 2.54. The second-order valence-corrected chi connectivity index (χ2v) is 4.09. The maximum atomic E-state index is 11.4. The lowest BCUT2D eigenvalue weighted by Crippen LogP contribution is -2.35. The van der Waals surface area contributed by atoms with Gasteiger partial charge < -0.3 is 4.90 Å². The number of nitrogens with zero attached hydrogens (tertiary/aromatic N) is 1. The fourth-order valence-corrected chi connectivity index (χ4v) is 2.06. The van der Waals surface area contributed by atoms with E-state index in [-0.39, 0.29) is 11.8 Å². The van der Waals surface area contributed by atoms with E-state index in [0.717, 1.165) is 13.0 Å². The van der Waals surface area contributed by atoms with Gasteiger partial charge in [-0.15, -0.1) is 11.6 Å². The summed E-state index contributed by atoms with van der Waals surface area (Å²) in [5, 5.41) is 0. The summed E-state index contributed by atoms with van der Waals surface area (Å²) >= 11 is 5.53. The maximum Gasteiger partial charge on any atom is 0.237 e. The van der Waals surface area contributed by atoms with E-state index in [1.54, 1.807) is 4.90 Å². The first-order valence-corrected chi connectivity index (χ1v) is 5.93. The summed E-state index contributed by atoms with van der Waals surface area (Å²) in [6, 6.07) is 10.3. The van der Waals surface area contributed by atoms with Crippen molar-refractivity contribution in [1.29, 1.82) is 0 Å². The van der Waals surface area contributed by atoms with Crippen molar-refractivity contribution in [3.8, 4) is 0 Å². The summed E-state index contributed by atoms with van der Waals surface area (Å²) in [5.41, 5.74) is 2.57. The average molecular weight is 236 g/mol. The lowest BCUT2D eigenvalue weighted by atomic mass is 10.00. The first-order chi connectivity index (χ1) is 7.81. The second kappa shape index (κ2) is 5.17. The van der Waals surface area contributed by atoms with Crippen LogP contribution in [-0.2, 0) is 4.79 Å². The minimum absolute atomic E-state index is 0.0185. The quantitative estimate of drug-likeness (QED) is 0.722. The molecule has 0 saturated carbocycles. The minimum atomic E-state index is 0.0185. The van der Waals surface area contributed by atoms with Crippen LogP contribution >= 0.6 is 11.6 Å². The number of amides is 1. The number of alkyl halides is 1. The molecule has 3 heteroatoms. The Kier molecular flexibility index (Phi) is 3.62. The van der Waals surface area contributed by atoms with Crippen LogP contribution in [-0.4, -0.2) is 29.8 Å². The highest BCUT2D eigenvalue weighted by Crippen LogP contribution is 2.21. The second-order valence-electron chi connectivity index (χ2n) is 3.82. The number of carbonyl (C=O) groups is 1. The molecule has 2 nitrogen and oxygen atoms in total. The number of halogens is 1. The molecule has 0 N–H and O–H groups in total. The third-order valence-electron chi connectivity index (χ3n) is 2.82. The van der Waals surface area contributed by atoms with Gasteiger partial charge in [-0.2, -0.15) is 0 Å². The lowest BCUT2D eigenvalue weighted by molar-refractivity contribution is -0.128. The Balaban J connectivity index is 2.07. The van der Waals surface area contributed by atoms with Crippen molar-refractivity contribution >= 4 is 23.1 Å². The molecule has 1 heterocycles. The van der Waals surface area contributed by atoms with E-state index in [1.165, 1.54) is 11.1 Å². The van der Waals surface area contributed by atoms with Crippen LogP contribution in [0.2, 0.25) is 0 Å². The number of rotatable bonds is 2. The smallest absolute Gasteiger partial charge is 0.237 e. The highest BCUT2D eigenvalue weighted by Gasteiger charge is 2.16. The monoisotopic (exact) mass is 235 g/mol. The van der Waals surface area contributed by atoms with E-state index in [1.807, 2.05) is 18.2 Å². The van der Waals surface area contributed by atoms with Gasteiger partial charge in [-0.3, -0.25) is 4.79 Å². The van der Waals surface area contributed by atoms with Crippen molar-refractivity contribution < 1.29 is 4.79 Å². The molecule has 1 aromatic carbocycles. The molecular weight excluding hydrogens is 222 g/mol. The Bertz CT molecular complexity index is 400. The molecule has 1 aliphatic heterocycles. The Morgan fingerprint density at radius 2 is 2.06 bits per heavy atom. The van der Waals surface area contributed by atoms with Crippen LogP contribution in [0.25, 0.3) is 5.57 Å². The SMILES string of the molecule is O=C(CCl)N1CC=C(c2ccccc2)CC1. The van der Waals surface area contributed by atoms with Crippen LogP contribution in [0.1, 0.15) is 12.0 Å². The predicted molar refractivity (Wildman–Crippen MR) is 66.3 cm³/mol. The standard InChI is InChI=1S/C13H14ClNO/c14-10-13(16)15-8-6-12(7-9-15)11-4-2-1-3-5-11/h1-6H,7-10H2. The summed E-state index contributed by atoms with van der Waals surface area (Å²) in [7, 11) is 0. The van der Waals surface area contributed by atoms with Gasteiger partial charge in [0, 0.05) is 13.1 Å². The Morgan fingerprint density at radius 1 is 1.31 bits per heavy atom. The van der Waals surface area contributed by atoms with E-state index in [2.05, 4.69) is 18.2 Å². The summed E-state index contributed by atoms with van der Waals surface area (Å²) in [6.07, 6.45) is 3.02. The molecule has 84 valence electrons. The van der Waals surface area contributed by atoms with Gasteiger partial charge >= 0.3 is 0 Å². The van der Waals surface area contributed by atoms with Gasteiger partial charge in [0.1, 0.15) is 5.88 Å². The van der Waals surface area contributed by atoms with E-state index >= 15 is 0 Å². The molecule has 16 heavy (non-hydrogen) atoms. The van der Waals surface area contributed by atoms with Gasteiger partial charge in [0.2, 0.25) is 5.91 Å². The highest BCUT2D eigenvalue weighted by molar-refractivity contribution is 6.27. The molecule has 2 rings (SSSR count). The van der Waals surface area contributed by atoms with Gasteiger partial charge in [0.05, 0.1) is 0 Å². The van der Waals surface area contributed by atoms with E-state index in [0.29, 0.717) is 6.54 Å². The normalized spacial score (nSPS) is 15.8. The van der Waals surface area contributed by atoms with Crippen LogP contribution in [0.4, 0.5) is 0 Å². The van der Waals surface area contributed by atoms with E-state index < -0.39 is 0 Å². The zero-order chi connectivity index (χ0) is 11.4. The molecule has 0 aliphatic carbocycles. The van der Waals surface area contributed by atoms with Crippen LogP contribution < -0.4 is 0 Å². The maximum absolute atomic E-state index is 11.4. The van der Waals surface area contributed by atoms with Crippen molar-refractivity contribution in [1.82, 2.24) is 4.90 Å². The van der Waals surface area contributed by atoms with Crippen LogP contribution in [0.3, 0.4) is 0 Å². The molecule has 0 bridgehead atoms. The molecule has 1 amide bonds. The molecule has 0 radical (unpaired) electrons. The fraction of sp³-hybridized carbons (Fsp3) is 0.308. The Labute approximate surface area is 101 Å². The molecule has 1 aromatic rings. The van der Waals surface area contributed by atoms with E-state index in [4.69, 9.17) is 11.6 Å². The molecule has 0 spiro atoms. The molecule has 0 saturated heterocycles. The Morgan fingerprint density at radius 3 is 2.62 bits per heavy atom.